The molecule has 0 bridgehead atoms. The third-order valence-corrected chi connectivity index (χ3v) is 8.14. The van der Waals surface area contributed by atoms with Gasteiger partial charge in [-0.15, -0.1) is 0 Å². The molecule has 7 aromatic carbocycles. The van der Waals surface area contributed by atoms with Crippen molar-refractivity contribution in [3.05, 3.63) is 200 Å². The van der Waals surface area contributed by atoms with Gasteiger partial charge in [0.15, 0.2) is 0 Å². The molecule has 1 N–H and O–H groups in total. The van der Waals surface area contributed by atoms with Crippen molar-refractivity contribution in [3.8, 4) is 22.3 Å². The van der Waals surface area contributed by atoms with Crippen molar-refractivity contribution >= 4 is 39.6 Å². The average Bonchev–Trinajstić information content (AvgIpc) is 3.13. The molecule has 0 aliphatic heterocycles. The first-order chi connectivity index (χ1) is 22.8. The Kier molecular flexibility index (Phi) is 8.51. The number of nitrogens with one attached hydrogen (secondary N) is 1. The van der Waals surface area contributed by atoms with Crippen LogP contribution in [-0.2, 0) is 0 Å². The van der Waals surface area contributed by atoms with Gasteiger partial charge in [-0.3, -0.25) is 0 Å². The molecule has 0 heterocycles. The Morgan fingerprint density at radius 2 is 1.04 bits per heavy atom. The molecule has 0 aliphatic carbocycles. The molecule has 2 nitrogen and oxygen atoms in total. The van der Waals surface area contributed by atoms with Gasteiger partial charge in [-0.1, -0.05) is 146 Å². The van der Waals surface area contributed by atoms with Crippen molar-refractivity contribution in [1.29, 1.82) is 0 Å². The van der Waals surface area contributed by atoms with Crippen molar-refractivity contribution in [2.75, 3.05) is 10.2 Å². The Labute approximate surface area is 271 Å². The number of nitrogens with zero attached hydrogens (tertiary/aromatic N) is 1. The largest absolute Gasteiger partial charge is 0.362 e. The fraction of sp³-hybridized carbons (Fsp3) is 0. The average molecular weight is 591 g/mol. The van der Waals surface area contributed by atoms with E-state index in [0.29, 0.717) is 0 Å². The first-order valence-electron chi connectivity index (χ1n) is 15.6. The van der Waals surface area contributed by atoms with Crippen LogP contribution < -0.4 is 10.2 Å². The second kappa shape index (κ2) is 13.7. The van der Waals surface area contributed by atoms with E-state index in [1.807, 2.05) is 18.3 Å². The summed E-state index contributed by atoms with van der Waals surface area (Å²) < 4.78 is 0. The molecule has 0 radical (unpaired) electrons. The van der Waals surface area contributed by atoms with E-state index in [1.165, 1.54) is 38.6 Å². The third kappa shape index (κ3) is 6.38. The highest BCUT2D eigenvalue weighted by atomic mass is 15.1. The molecule has 0 aromatic heterocycles. The number of anilines is 4. The standard InChI is InChI=1S/C44H34N2/c1-3-14-36(15-4-1)42-22-9-7-16-37(42)18-11-12-33-45-39-29-25-34(26-30-39)35-27-31-41(32-28-35)46(40-20-5-2-6-21-40)44-24-13-19-38-17-8-10-23-43(38)44/h1-33,45H/b18-11-,33-12+. The molecule has 7 aromatic rings. The fourth-order valence-corrected chi connectivity index (χ4v) is 5.85. The summed E-state index contributed by atoms with van der Waals surface area (Å²) in [4.78, 5) is 2.33. The van der Waals surface area contributed by atoms with Crippen LogP contribution in [0.3, 0.4) is 0 Å². The number of benzene rings is 7. The third-order valence-electron chi connectivity index (χ3n) is 8.14. The summed E-state index contributed by atoms with van der Waals surface area (Å²) in [6, 6.07) is 62.0. The van der Waals surface area contributed by atoms with E-state index in [9.17, 15) is 0 Å². The molecule has 220 valence electrons. The predicted octanol–water partition coefficient (Wildman–Crippen LogP) is 12.3. The summed E-state index contributed by atoms with van der Waals surface area (Å²) >= 11 is 0. The maximum Gasteiger partial charge on any atom is 0.0540 e. The summed E-state index contributed by atoms with van der Waals surface area (Å²) in [6.07, 6.45) is 8.22. The zero-order chi connectivity index (χ0) is 31.0. The van der Waals surface area contributed by atoms with Crippen LogP contribution in [0.2, 0.25) is 0 Å². The predicted molar refractivity (Wildman–Crippen MR) is 198 cm³/mol. The van der Waals surface area contributed by atoms with Gasteiger partial charge >= 0.3 is 0 Å². The Bertz CT molecular complexity index is 2090. The van der Waals surface area contributed by atoms with E-state index in [-0.39, 0.29) is 0 Å². The molecule has 0 aliphatic rings. The van der Waals surface area contributed by atoms with E-state index in [1.54, 1.807) is 0 Å². The smallest absolute Gasteiger partial charge is 0.0540 e. The van der Waals surface area contributed by atoms with Gasteiger partial charge in [-0.05, 0) is 81.7 Å². The van der Waals surface area contributed by atoms with E-state index in [2.05, 4.69) is 192 Å². The van der Waals surface area contributed by atoms with Crippen molar-refractivity contribution in [1.82, 2.24) is 0 Å². The number of hydrogen-bond acceptors (Lipinski definition) is 2. The van der Waals surface area contributed by atoms with Gasteiger partial charge in [0, 0.05) is 28.6 Å². The number of allylic oxidation sites excluding steroid dienone is 2. The molecule has 0 atom stereocenters. The summed E-state index contributed by atoms with van der Waals surface area (Å²) in [7, 11) is 0. The van der Waals surface area contributed by atoms with Crippen LogP contribution in [0.15, 0.2) is 194 Å². The highest BCUT2D eigenvalue weighted by molar-refractivity contribution is 5.99. The fourth-order valence-electron chi connectivity index (χ4n) is 5.85. The van der Waals surface area contributed by atoms with Crippen molar-refractivity contribution in [2.24, 2.45) is 0 Å². The summed E-state index contributed by atoms with van der Waals surface area (Å²) in [5.41, 5.74) is 10.4. The molecular formula is C44H34N2. The molecule has 46 heavy (non-hydrogen) atoms. The molecule has 0 saturated carbocycles. The Balaban J connectivity index is 1.05. The zero-order valence-corrected chi connectivity index (χ0v) is 25.5. The van der Waals surface area contributed by atoms with Gasteiger partial charge < -0.3 is 10.2 Å². The van der Waals surface area contributed by atoms with E-state index >= 15 is 0 Å². The van der Waals surface area contributed by atoms with Gasteiger partial charge in [0.05, 0.1) is 5.69 Å². The molecule has 0 fully saturated rings. The van der Waals surface area contributed by atoms with E-state index < -0.39 is 0 Å². The SMILES string of the molecule is C(=C/c1ccccc1-c1ccccc1)/C=C/Nc1ccc(-c2ccc(N(c3ccccc3)c3cccc4ccccc34)cc2)cc1. The van der Waals surface area contributed by atoms with E-state index in [0.717, 1.165) is 22.7 Å². The minimum Gasteiger partial charge on any atom is -0.362 e. The molecule has 7 rings (SSSR count). The molecule has 0 spiro atoms. The lowest BCUT2D eigenvalue weighted by atomic mass is 9.99. The quantitative estimate of drug-likeness (QED) is 0.168. The molecule has 0 saturated heterocycles. The number of para-hydroxylation sites is 1. The van der Waals surface area contributed by atoms with E-state index in [4.69, 9.17) is 0 Å². The van der Waals surface area contributed by atoms with Gasteiger partial charge in [-0.25, -0.2) is 0 Å². The van der Waals surface area contributed by atoms with Gasteiger partial charge in [0.25, 0.3) is 0 Å². The van der Waals surface area contributed by atoms with Gasteiger partial charge in [0.2, 0.25) is 0 Å². The highest BCUT2D eigenvalue weighted by Crippen LogP contribution is 2.39. The summed E-state index contributed by atoms with van der Waals surface area (Å²) in [5, 5.41) is 5.84. The topological polar surface area (TPSA) is 15.3 Å². The first-order valence-corrected chi connectivity index (χ1v) is 15.6. The summed E-state index contributed by atoms with van der Waals surface area (Å²) in [5.74, 6) is 0. The van der Waals surface area contributed by atoms with Crippen molar-refractivity contribution in [2.45, 2.75) is 0 Å². The lowest BCUT2D eigenvalue weighted by molar-refractivity contribution is 1.30. The van der Waals surface area contributed by atoms with Crippen LogP contribution in [0.25, 0.3) is 39.1 Å². The Morgan fingerprint density at radius 1 is 0.435 bits per heavy atom. The van der Waals surface area contributed by atoms with Crippen LogP contribution in [0.1, 0.15) is 5.56 Å². The Hall–Kier alpha value is -6.12. The van der Waals surface area contributed by atoms with Crippen LogP contribution >= 0.6 is 0 Å². The number of hydrogen-bond donors (Lipinski definition) is 1. The molecular weight excluding hydrogens is 556 g/mol. The van der Waals surface area contributed by atoms with Crippen molar-refractivity contribution in [3.63, 3.8) is 0 Å². The highest BCUT2D eigenvalue weighted by Gasteiger charge is 2.15. The maximum atomic E-state index is 3.39. The van der Waals surface area contributed by atoms with Crippen LogP contribution in [0.4, 0.5) is 22.7 Å². The van der Waals surface area contributed by atoms with Gasteiger partial charge in [-0.2, -0.15) is 0 Å². The monoisotopic (exact) mass is 590 g/mol. The minimum absolute atomic E-state index is 1.04. The number of fused-ring (bicyclic) bond motifs is 1. The lowest BCUT2D eigenvalue weighted by Crippen LogP contribution is -2.10. The molecule has 0 unspecified atom stereocenters. The van der Waals surface area contributed by atoms with Crippen LogP contribution in [0.5, 0.6) is 0 Å². The van der Waals surface area contributed by atoms with Gasteiger partial charge in [0.1, 0.15) is 0 Å². The van der Waals surface area contributed by atoms with Crippen LogP contribution in [-0.4, -0.2) is 0 Å². The second-order valence-electron chi connectivity index (χ2n) is 11.1. The lowest BCUT2D eigenvalue weighted by Gasteiger charge is -2.27. The Morgan fingerprint density at radius 3 is 1.83 bits per heavy atom. The number of rotatable bonds is 9. The maximum absolute atomic E-state index is 3.39. The minimum atomic E-state index is 1.04. The first kappa shape index (κ1) is 28.6. The zero-order valence-electron chi connectivity index (χ0n) is 25.5. The second-order valence-corrected chi connectivity index (χ2v) is 11.1. The van der Waals surface area contributed by atoms with Crippen LogP contribution in [0, 0.1) is 0 Å². The summed E-state index contributed by atoms with van der Waals surface area (Å²) in [6.45, 7) is 0. The van der Waals surface area contributed by atoms with Crippen molar-refractivity contribution < 1.29 is 0 Å². The molecule has 0 amide bonds. The molecule has 2 heteroatoms. The normalized spacial score (nSPS) is 11.3.